The van der Waals surface area contributed by atoms with Crippen molar-refractivity contribution in [2.75, 3.05) is 0 Å². The average Bonchev–Trinajstić information content (AvgIpc) is 2.25. The number of aliphatic hydroxyl groups excluding tert-OH is 1. The molecular weight excluding hydrogens is 204 g/mol. The number of fused-ring (bicyclic) bond motifs is 2. The predicted octanol–water partition coefficient (Wildman–Crippen LogP) is 1.05. The van der Waals surface area contributed by atoms with Crippen LogP contribution in [0.2, 0.25) is 0 Å². The van der Waals surface area contributed by atoms with Gasteiger partial charge in [-0.1, -0.05) is 36.5 Å². The van der Waals surface area contributed by atoms with Crippen LogP contribution in [0.4, 0.5) is 0 Å². The Morgan fingerprint density at radius 1 is 1.25 bits per heavy atom. The zero-order chi connectivity index (χ0) is 11.6. The first kappa shape index (κ1) is 11.0. The van der Waals surface area contributed by atoms with Crippen molar-refractivity contribution in [3.05, 3.63) is 48.1 Å². The summed E-state index contributed by atoms with van der Waals surface area (Å²) in [5.41, 5.74) is -1.18. The molecule has 2 N–H and O–H groups in total. The van der Waals surface area contributed by atoms with Crippen molar-refractivity contribution in [3.8, 4) is 0 Å². The summed E-state index contributed by atoms with van der Waals surface area (Å²) in [5, 5.41) is 19.9. The molecule has 2 unspecified atom stereocenters. The molecule has 0 aliphatic heterocycles. The number of carbonyl (C=O) groups is 1. The van der Waals surface area contributed by atoms with Crippen molar-refractivity contribution in [2.24, 2.45) is 0 Å². The first-order valence-corrected chi connectivity index (χ1v) is 5.31. The topological polar surface area (TPSA) is 57.5 Å². The third-order valence-electron chi connectivity index (χ3n) is 2.86. The maximum absolute atomic E-state index is 12.0. The second kappa shape index (κ2) is 4.20. The third-order valence-corrected chi connectivity index (χ3v) is 2.86. The highest BCUT2D eigenvalue weighted by Crippen LogP contribution is 2.28. The molecule has 0 saturated carbocycles. The van der Waals surface area contributed by atoms with Crippen molar-refractivity contribution in [3.63, 3.8) is 0 Å². The second-order valence-corrected chi connectivity index (χ2v) is 4.03. The van der Waals surface area contributed by atoms with Crippen LogP contribution in [-0.2, 0) is 4.79 Å². The molecule has 2 bridgehead atoms. The van der Waals surface area contributed by atoms with Gasteiger partial charge in [0.1, 0.15) is 11.7 Å². The van der Waals surface area contributed by atoms with E-state index in [0.717, 1.165) is 0 Å². The van der Waals surface area contributed by atoms with Gasteiger partial charge >= 0.3 is 0 Å². The molecule has 0 amide bonds. The van der Waals surface area contributed by atoms with E-state index in [-0.39, 0.29) is 5.57 Å². The highest BCUT2D eigenvalue weighted by Gasteiger charge is 2.38. The number of ketones is 1. The second-order valence-electron chi connectivity index (χ2n) is 4.03. The molecule has 3 nitrogen and oxygen atoms in total. The molecule has 0 fully saturated rings. The zero-order valence-electron chi connectivity index (χ0n) is 8.84. The number of allylic oxidation sites excluding steroid dienone is 5. The van der Waals surface area contributed by atoms with Gasteiger partial charge in [-0.05, 0) is 18.9 Å². The minimum Gasteiger partial charge on any atom is -0.384 e. The van der Waals surface area contributed by atoms with E-state index in [2.05, 4.69) is 0 Å². The minimum absolute atomic E-state index is 0.282. The standard InChI is InChI=1S/C13H14O3/c14-11-7-3-1-2-4-8-13(16)9-5-6-10(11)12(13)15/h1-4,6-8,11,14,16H,5,9H2/b2-1-,7-3-,8-4-. The summed E-state index contributed by atoms with van der Waals surface area (Å²) in [6, 6.07) is 0. The van der Waals surface area contributed by atoms with Gasteiger partial charge in [0.2, 0.25) is 0 Å². The normalized spacial score (nSPS) is 39.8. The monoisotopic (exact) mass is 218 g/mol. The quantitative estimate of drug-likeness (QED) is 0.639. The lowest BCUT2D eigenvalue weighted by atomic mass is 9.80. The zero-order valence-corrected chi connectivity index (χ0v) is 8.84. The van der Waals surface area contributed by atoms with Crippen molar-refractivity contribution < 1.29 is 15.0 Å². The van der Waals surface area contributed by atoms with E-state index in [0.29, 0.717) is 12.8 Å². The summed E-state index contributed by atoms with van der Waals surface area (Å²) in [6.07, 6.45) is 11.6. The van der Waals surface area contributed by atoms with E-state index in [1.165, 1.54) is 12.2 Å². The van der Waals surface area contributed by atoms with Crippen molar-refractivity contribution >= 4 is 5.78 Å². The van der Waals surface area contributed by atoms with Gasteiger partial charge in [-0.2, -0.15) is 0 Å². The van der Waals surface area contributed by atoms with Crippen LogP contribution in [0.1, 0.15) is 12.8 Å². The summed E-state index contributed by atoms with van der Waals surface area (Å²) < 4.78 is 0. The SMILES string of the molecule is O=C1C2=CCCC1(O)\C=C/C=C\C=C/C2O. The molecule has 2 rings (SSSR count). The highest BCUT2D eigenvalue weighted by molar-refractivity contribution is 6.05. The fraction of sp³-hybridized carbons (Fsp3) is 0.308. The summed E-state index contributed by atoms with van der Waals surface area (Å²) >= 11 is 0. The summed E-state index contributed by atoms with van der Waals surface area (Å²) in [7, 11) is 0. The summed E-state index contributed by atoms with van der Waals surface area (Å²) in [6.45, 7) is 0. The minimum atomic E-state index is -1.46. The Hall–Kier alpha value is -1.45. The Kier molecular flexibility index (Phi) is 2.90. The number of Topliss-reactive ketones (excluding diaryl/α,β-unsaturated/α-hetero) is 1. The van der Waals surface area contributed by atoms with Gasteiger partial charge in [-0.15, -0.1) is 0 Å². The van der Waals surface area contributed by atoms with Crippen molar-refractivity contribution in [1.82, 2.24) is 0 Å². The van der Waals surface area contributed by atoms with Crippen LogP contribution in [0.15, 0.2) is 48.1 Å². The average molecular weight is 218 g/mol. The van der Waals surface area contributed by atoms with E-state index < -0.39 is 17.5 Å². The Labute approximate surface area is 94.1 Å². The van der Waals surface area contributed by atoms with E-state index in [1.807, 2.05) is 0 Å². The van der Waals surface area contributed by atoms with Gasteiger partial charge in [0.25, 0.3) is 0 Å². The molecule has 2 atom stereocenters. The number of carbonyl (C=O) groups excluding carboxylic acids is 1. The predicted molar refractivity (Wildman–Crippen MR) is 60.7 cm³/mol. The van der Waals surface area contributed by atoms with Crippen molar-refractivity contribution in [2.45, 2.75) is 24.5 Å². The number of hydrogen-bond donors (Lipinski definition) is 2. The lowest BCUT2D eigenvalue weighted by Gasteiger charge is -2.29. The van der Waals surface area contributed by atoms with E-state index in [4.69, 9.17) is 0 Å². The van der Waals surface area contributed by atoms with Crippen LogP contribution in [0.25, 0.3) is 0 Å². The Balaban J connectivity index is 2.47. The first-order valence-electron chi connectivity index (χ1n) is 5.31. The van der Waals surface area contributed by atoms with E-state index in [1.54, 1.807) is 30.4 Å². The molecule has 0 aromatic rings. The van der Waals surface area contributed by atoms with Crippen LogP contribution in [0.3, 0.4) is 0 Å². The highest BCUT2D eigenvalue weighted by atomic mass is 16.3. The Morgan fingerprint density at radius 2 is 2.00 bits per heavy atom. The molecule has 0 heterocycles. The Bertz CT molecular complexity index is 415. The van der Waals surface area contributed by atoms with Crippen molar-refractivity contribution in [1.29, 1.82) is 0 Å². The van der Waals surface area contributed by atoms with Gasteiger partial charge in [0.05, 0.1) is 0 Å². The van der Waals surface area contributed by atoms with Gasteiger partial charge in [0, 0.05) is 5.57 Å². The largest absolute Gasteiger partial charge is 0.384 e. The Morgan fingerprint density at radius 3 is 2.81 bits per heavy atom. The summed E-state index contributed by atoms with van der Waals surface area (Å²) in [5.74, 6) is -0.401. The number of rotatable bonds is 0. The van der Waals surface area contributed by atoms with Crippen LogP contribution in [0, 0.1) is 0 Å². The van der Waals surface area contributed by atoms with Crippen LogP contribution in [0.5, 0.6) is 0 Å². The number of hydrogen-bond acceptors (Lipinski definition) is 3. The van der Waals surface area contributed by atoms with Gasteiger partial charge in [-0.25, -0.2) is 0 Å². The molecule has 2 aliphatic rings. The van der Waals surface area contributed by atoms with E-state index >= 15 is 0 Å². The maximum atomic E-state index is 12.0. The molecule has 3 heteroatoms. The third kappa shape index (κ3) is 1.92. The molecular formula is C13H14O3. The molecule has 16 heavy (non-hydrogen) atoms. The van der Waals surface area contributed by atoms with Gasteiger partial charge in [0.15, 0.2) is 5.78 Å². The maximum Gasteiger partial charge on any atom is 0.196 e. The summed E-state index contributed by atoms with van der Waals surface area (Å²) in [4.78, 5) is 12.0. The first-order chi connectivity index (χ1) is 7.63. The van der Waals surface area contributed by atoms with Crippen LogP contribution in [-0.4, -0.2) is 27.7 Å². The molecule has 84 valence electrons. The molecule has 2 aliphatic carbocycles. The molecule has 0 saturated heterocycles. The lowest BCUT2D eigenvalue weighted by Crippen LogP contribution is -2.42. The molecule has 0 radical (unpaired) electrons. The molecule has 0 aromatic heterocycles. The lowest BCUT2D eigenvalue weighted by molar-refractivity contribution is -0.131. The van der Waals surface area contributed by atoms with Gasteiger partial charge in [-0.3, -0.25) is 4.79 Å². The number of aliphatic hydroxyl groups is 2. The van der Waals surface area contributed by atoms with Crippen LogP contribution < -0.4 is 0 Å². The van der Waals surface area contributed by atoms with Crippen LogP contribution >= 0.6 is 0 Å². The molecule has 0 spiro atoms. The van der Waals surface area contributed by atoms with Gasteiger partial charge < -0.3 is 10.2 Å². The fourth-order valence-corrected chi connectivity index (χ4v) is 1.93. The van der Waals surface area contributed by atoms with E-state index in [9.17, 15) is 15.0 Å². The fourth-order valence-electron chi connectivity index (χ4n) is 1.93. The molecule has 0 aromatic carbocycles. The smallest absolute Gasteiger partial charge is 0.196 e.